The molecule has 1 aliphatic heterocycles. The lowest BCUT2D eigenvalue weighted by atomic mass is 10.2. The molecule has 128 valence electrons. The number of nitrogens with two attached hydrogens (primary N) is 1. The van der Waals surface area contributed by atoms with Gasteiger partial charge in [-0.1, -0.05) is 18.2 Å². The number of fused-ring (bicyclic) bond motifs is 3. The van der Waals surface area contributed by atoms with E-state index in [9.17, 15) is 0 Å². The van der Waals surface area contributed by atoms with Gasteiger partial charge in [0.15, 0.2) is 5.82 Å². The van der Waals surface area contributed by atoms with Crippen LogP contribution in [0.15, 0.2) is 60.9 Å². The molecule has 0 saturated heterocycles. The number of nitrogens with zero attached hydrogens (tertiary/aromatic N) is 3. The number of rotatable bonds is 3. The summed E-state index contributed by atoms with van der Waals surface area (Å²) in [5.74, 6) is 2.04. The average molecular weight is 344 g/mol. The molecule has 0 saturated carbocycles. The minimum atomic E-state index is 0.467. The second-order valence-electron chi connectivity index (χ2n) is 6.12. The summed E-state index contributed by atoms with van der Waals surface area (Å²) in [5, 5.41) is 0. The Balaban J connectivity index is 1.59. The molecule has 0 atom stereocenters. The lowest BCUT2D eigenvalue weighted by molar-refractivity contribution is 0.132. The molecule has 6 nitrogen and oxygen atoms in total. The minimum Gasteiger partial charge on any atom is -0.457 e. The van der Waals surface area contributed by atoms with E-state index in [-0.39, 0.29) is 0 Å². The fourth-order valence-electron chi connectivity index (χ4n) is 3.37. The van der Waals surface area contributed by atoms with Crippen LogP contribution in [0.3, 0.4) is 0 Å². The van der Waals surface area contributed by atoms with Crippen molar-refractivity contribution in [2.45, 2.75) is 13.2 Å². The monoisotopic (exact) mass is 344 g/mol. The standard InChI is InChI=1S/C20H16N4O2/c21-20-19-18(22-12-23-20)16-10-25-11-17(16)24(19)13-6-8-15(9-7-13)26-14-4-2-1-3-5-14/h1-9,12H,10-11H2,(H2,21,22,23). The molecule has 1 aliphatic rings. The number of nitrogen functional groups attached to an aromatic ring is 1. The Bertz CT molecular complexity index is 1090. The van der Waals surface area contributed by atoms with Crippen molar-refractivity contribution in [3.63, 3.8) is 0 Å². The van der Waals surface area contributed by atoms with Crippen molar-refractivity contribution in [3.05, 3.63) is 72.2 Å². The molecule has 0 fully saturated rings. The van der Waals surface area contributed by atoms with Gasteiger partial charge in [0.25, 0.3) is 0 Å². The Morgan fingerprint density at radius 3 is 2.50 bits per heavy atom. The molecule has 0 aliphatic carbocycles. The summed E-state index contributed by atoms with van der Waals surface area (Å²) in [6, 6.07) is 17.6. The molecule has 0 spiro atoms. The van der Waals surface area contributed by atoms with Crippen LogP contribution in [0.25, 0.3) is 16.7 Å². The Morgan fingerprint density at radius 1 is 0.923 bits per heavy atom. The summed E-state index contributed by atoms with van der Waals surface area (Å²) in [4.78, 5) is 8.58. The molecule has 6 heteroatoms. The van der Waals surface area contributed by atoms with Crippen LogP contribution < -0.4 is 10.5 Å². The zero-order valence-corrected chi connectivity index (χ0v) is 13.9. The van der Waals surface area contributed by atoms with Gasteiger partial charge in [-0.15, -0.1) is 0 Å². The molecule has 2 N–H and O–H groups in total. The van der Waals surface area contributed by atoms with E-state index in [0.717, 1.165) is 39.5 Å². The van der Waals surface area contributed by atoms with Crippen LogP contribution in [0.4, 0.5) is 5.82 Å². The molecule has 26 heavy (non-hydrogen) atoms. The van der Waals surface area contributed by atoms with Gasteiger partial charge in [-0.25, -0.2) is 9.97 Å². The molecular weight excluding hydrogens is 328 g/mol. The van der Waals surface area contributed by atoms with Gasteiger partial charge in [0.05, 0.1) is 18.9 Å². The molecule has 4 aromatic rings. The van der Waals surface area contributed by atoms with E-state index >= 15 is 0 Å². The third-order valence-electron chi connectivity index (χ3n) is 4.54. The van der Waals surface area contributed by atoms with Crippen LogP contribution in [0.5, 0.6) is 11.5 Å². The third kappa shape index (κ3) is 2.31. The average Bonchev–Trinajstić information content (AvgIpc) is 3.25. The van der Waals surface area contributed by atoms with Crippen LogP contribution >= 0.6 is 0 Å². The molecule has 2 aromatic carbocycles. The molecule has 0 bridgehead atoms. The van der Waals surface area contributed by atoms with Crippen molar-refractivity contribution >= 4 is 16.9 Å². The maximum atomic E-state index is 6.15. The number of benzene rings is 2. The van der Waals surface area contributed by atoms with Gasteiger partial charge in [0.2, 0.25) is 0 Å². The predicted molar refractivity (Wildman–Crippen MR) is 98.3 cm³/mol. The van der Waals surface area contributed by atoms with Gasteiger partial charge in [-0.2, -0.15) is 0 Å². The first-order valence-electron chi connectivity index (χ1n) is 8.35. The van der Waals surface area contributed by atoms with E-state index in [1.165, 1.54) is 6.33 Å². The summed E-state index contributed by atoms with van der Waals surface area (Å²) in [6.07, 6.45) is 1.50. The SMILES string of the molecule is Nc1ncnc2c3c(n(-c4ccc(Oc5ccccc5)cc4)c12)COC3. The van der Waals surface area contributed by atoms with Gasteiger partial charge < -0.3 is 19.8 Å². The lowest BCUT2D eigenvalue weighted by Gasteiger charge is -2.11. The highest BCUT2D eigenvalue weighted by Gasteiger charge is 2.25. The Labute approximate surface area is 149 Å². The number of aromatic nitrogens is 3. The van der Waals surface area contributed by atoms with Crippen LogP contribution in [0, 0.1) is 0 Å². The van der Waals surface area contributed by atoms with E-state index < -0.39 is 0 Å². The molecule has 3 heterocycles. The van der Waals surface area contributed by atoms with Crippen LogP contribution in [0.1, 0.15) is 11.3 Å². The van der Waals surface area contributed by atoms with Crippen LogP contribution in [-0.2, 0) is 18.0 Å². The quantitative estimate of drug-likeness (QED) is 0.611. The molecule has 0 amide bonds. The van der Waals surface area contributed by atoms with Crippen molar-refractivity contribution in [1.29, 1.82) is 0 Å². The van der Waals surface area contributed by atoms with Gasteiger partial charge in [0.1, 0.15) is 28.9 Å². The highest BCUT2D eigenvalue weighted by Crippen LogP contribution is 2.35. The van der Waals surface area contributed by atoms with E-state index in [0.29, 0.717) is 19.0 Å². The normalized spacial score (nSPS) is 13.1. The Morgan fingerprint density at radius 2 is 1.69 bits per heavy atom. The van der Waals surface area contributed by atoms with Crippen molar-refractivity contribution in [1.82, 2.24) is 14.5 Å². The van der Waals surface area contributed by atoms with Gasteiger partial charge in [-0.05, 0) is 36.4 Å². The fourth-order valence-corrected chi connectivity index (χ4v) is 3.37. The Hall–Kier alpha value is -3.38. The number of para-hydroxylation sites is 1. The number of anilines is 1. The summed E-state index contributed by atoms with van der Waals surface area (Å²) in [5.41, 5.74) is 11.0. The van der Waals surface area contributed by atoms with Crippen LogP contribution in [-0.4, -0.2) is 14.5 Å². The molecule has 5 rings (SSSR count). The van der Waals surface area contributed by atoms with Gasteiger partial charge in [-0.3, -0.25) is 0 Å². The number of ether oxygens (including phenoxy) is 2. The van der Waals surface area contributed by atoms with Crippen molar-refractivity contribution in [3.8, 4) is 17.2 Å². The van der Waals surface area contributed by atoms with E-state index in [1.807, 2.05) is 54.6 Å². The first-order valence-corrected chi connectivity index (χ1v) is 8.35. The summed E-state index contributed by atoms with van der Waals surface area (Å²) in [7, 11) is 0. The summed E-state index contributed by atoms with van der Waals surface area (Å²) in [6.45, 7) is 1.08. The lowest BCUT2D eigenvalue weighted by Crippen LogP contribution is -2.03. The van der Waals surface area contributed by atoms with E-state index in [1.54, 1.807) is 0 Å². The minimum absolute atomic E-state index is 0.467. The molecule has 0 radical (unpaired) electrons. The summed E-state index contributed by atoms with van der Waals surface area (Å²) < 4.78 is 13.6. The Kier molecular flexibility index (Phi) is 3.36. The maximum absolute atomic E-state index is 6.15. The van der Waals surface area contributed by atoms with Crippen molar-refractivity contribution < 1.29 is 9.47 Å². The zero-order valence-electron chi connectivity index (χ0n) is 13.9. The molecule has 2 aromatic heterocycles. The second kappa shape index (κ2) is 5.86. The highest BCUT2D eigenvalue weighted by molar-refractivity contribution is 5.91. The van der Waals surface area contributed by atoms with E-state index in [2.05, 4.69) is 14.5 Å². The zero-order chi connectivity index (χ0) is 17.5. The van der Waals surface area contributed by atoms with Gasteiger partial charge >= 0.3 is 0 Å². The number of hydrogen-bond donors (Lipinski definition) is 1. The second-order valence-corrected chi connectivity index (χ2v) is 6.12. The first kappa shape index (κ1) is 14.9. The summed E-state index contributed by atoms with van der Waals surface area (Å²) >= 11 is 0. The molecule has 0 unspecified atom stereocenters. The smallest absolute Gasteiger partial charge is 0.151 e. The topological polar surface area (TPSA) is 75.2 Å². The third-order valence-corrected chi connectivity index (χ3v) is 4.54. The largest absolute Gasteiger partial charge is 0.457 e. The van der Waals surface area contributed by atoms with Gasteiger partial charge in [0, 0.05) is 11.3 Å². The maximum Gasteiger partial charge on any atom is 0.151 e. The first-order chi connectivity index (χ1) is 12.8. The highest BCUT2D eigenvalue weighted by atomic mass is 16.5. The fraction of sp³-hybridized carbons (Fsp3) is 0.100. The molecular formula is C20H16N4O2. The number of hydrogen-bond acceptors (Lipinski definition) is 5. The predicted octanol–water partition coefficient (Wildman–Crippen LogP) is 3.83. The van der Waals surface area contributed by atoms with Crippen LogP contribution in [0.2, 0.25) is 0 Å². The van der Waals surface area contributed by atoms with Crippen molar-refractivity contribution in [2.24, 2.45) is 0 Å². The van der Waals surface area contributed by atoms with E-state index in [4.69, 9.17) is 15.2 Å². The van der Waals surface area contributed by atoms with Crippen molar-refractivity contribution in [2.75, 3.05) is 5.73 Å².